The molecule has 2 amide bonds. The van der Waals surface area contributed by atoms with Crippen molar-refractivity contribution < 1.29 is 14.3 Å². The number of benzene rings is 1. The average Bonchev–Trinajstić information content (AvgIpc) is 3.01. The van der Waals surface area contributed by atoms with Gasteiger partial charge in [-0.15, -0.1) is 0 Å². The van der Waals surface area contributed by atoms with Crippen molar-refractivity contribution in [1.29, 1.82) is 0 Å². The Labute approximate surface area is 143 Å². The van der Waals surface area contributed by atoms with Crippen LogP contribution in [0.1, 0.15) is 52.0 Å². The van der Waals surface area contributed by atoms with E-state index in [2.05, 4.69) is 26.1 Å². The van der Waals surface area contributed by atoms with Crippen molar-refractivity contribution in [2.24, 2.45) is 0 Å². The molecule has 0 spiro atoms. The minimum atomic E-state index is -0.171. The monoisotopic (exact) mass is 330 g/mol. The summed E-state index contributed by atoms with van der Waals surface area (Å²) in [6.07, 6.45) is 4.40. The maximum absolute atomic E-state index is 12.4. The van der Waals surface area contributed by atoms with Crippen molar-refractivity contribution in [2.75, 3.05) is 18.1 Å². The number of fused-ring (bicyclic) bond motifs is 1. The minimum Gasteiger partial charge on any atom is -0.482 e. The van der Waals surface area contributed by atoms with Gasteiger partial charge in [-0.2, -0.15) is 0 Å². The molecule has 1 saturated carbocycles. The van der Waals surface area contributed by atoms with E-state index in [1.54, 1.807) is 4.90 Å². The van der Waals surface area contributed by atoms with Crippen LogP contribution in [-0.4, -0.2) is 31.0 Å². The Hall–Kier alpha value is -2.04. The van der Waals surface area contributed by atoms with Gasteiger partial charge in [0.1, 0.15) is 12.3 Å². The van der Waals surface area contributed by atoms with E-state index in [4.69, 9.17) is 4.74 Å². The highest BCUT2D eigenvalue weighted by atomic mass is 16.5. The molecule has 0 aromatic heterocycles. The van der Waals surface area contributed by atoms with Gasteiger partial charge in [-0.05, 0) is 36.0 Å². The number of amides is 2. The average molecular weight is 330 g/mol. The van der Waals surface area contributed by atoms with E-state index in [1.807, 2.05) is 18.2 Å². The molecule has 0 bridgehead atoms. The highest BCUT2D eigenvalue weighted by molar-refractivity contribution is 6.02. The summed E-state index contributed by atoms with van der Waals surface area (Å²) >= 11 is 0. The molecular formula is C19H26N2O3. The van der Waals surface area contributed by atoms with Crippen LogP contribution in [0.15, 0.2) is 18.2 Å². The van der Waals surface area contributed by atoms with Crippen LogP contribution in [0, 0.1) is 0 Å². The molecule has 1 aromatic rings. The van der Waals surface area contributed by atoms with Crippen molar-refractivity contribution in [3.8, 4) is 5.75 Å². The summed E-state index contributed by atoms with van der Waals surface area (Å²) in [5, 5.41) is 3.05. The third-order valence-electron chi connectivity index (χ3n) is 4.79. The molecule has 5 heteroatoms. The third kappa shape index (κ3) is 3.55. The maximum Gasteiger partial charge on any atom is 0.265 e. The van der Waals surface area contributed by atoms with Crippen molar-refractivity contribution in [3.63, 3.8) is 0 Å². The van der Waals surface area contributed by atoms with Crippen LogP contribution in [0.5, 0.6) is 5.75 Å². The molecule has 5 nitrogen and oxygen atoms in total. The first-order valence-electron chi connectivity index (χ1n) is 8.71. The van der Waals surface area contributed by atoms with Crippen LogP contribution in [0.4, 0.5) is 5.69 Å². The second-order valence-corrected chi connectivity index (χ2v) is 7.75. The summed E-state index contributed by atoms with van der Waals surface area (Å²) < 4.78 is 5.53. The molecular weight excluding hydrogens is 304 g/mol. The standard InChI is InChI=1S/C19H26N2O3/c1-19(2,3)13-8-9-16-15(10-13)21(18(23)12-24-16)11-17(22)20-14-6-4-5-7-14/h8-10,14H,4-7,11-12H2,1-3H3,(H,20,22). The molecule has 3 rings (SSSR count). The van der Waals surface area contributed by atoms with Gasteiger partial charge in [-0.3, -0.25) is 14.5 Å². The molecule has 24 heavy (non-hydrogen) atoms. The number of nitrogens with zero attached hydrogens (tertiary/aromatic N) is 1. The molecule has 1 heterocycles. The quantitative estimate of drug-likeness (QED) is 0.927. The van der Waals surface area contributed by atoms with Crippen LogP contribution in [0.25, 0.3) is 0 Å². The molecule has 1 fully saturated rings. The van der Waals surface area contributed by atoms with E-state index < -0.39 is 0 Å². The highest BCUT2D eigenvalue weighted by Gasteiger charge is 2.29. The van der Waals surface area contributed by atoms with E-state index >= 15 is 0 Å². The van der Waals surface area contributed by atoms with Gasteiger partial charge < -0.3 is 10.1 Å². The normalized spacial score (nSPS) is 18.3. The fourth-order valence-corrected chi connectivity index (χ4v) is 3.33. The lowest BCUT2D eigenvalue weighted by Gasteiger charge is -2.31. The SMILES string of the molecule is CC(C)(C)c1ccc2c(c1)N(CC(=O)NC1CCCC1)C(=O)CO2. The molecule has 0 radical (unpaired) electrons. The first-order valence-corrected chi connectivity index (χ1v) is 8.71. The molecule has 130 valence electrons. The summed E-state index contributed by atoms with van der Waals surface area (Å²) in [5.41, 5.74) is 1.77. The van der Waals surface area contributed by atoms with Gasteiger partial charge in [-0.1, -0.05) is 39.7 Å². The number of anilines is 1. The number of hydrogen-bond donors (Lipinski definition) is 1. The Morgan fingerprint density at radius 1 is 1.29 bits per heavy atom. The Morgan fingerprint density at radius 3 is 2.67 bits per heavy atom. The van der Waals surface area contributed by atoms with Crippen molar-refractivity contribution >= 4 is 17.5 Å². The summed E-state index contributed by atoms with van der Waals surface area (Å²) in [7, 11) is 0. The molecule has 1 aliphatic carbocycles. The Balaban J connectivity index is 1.80. The van der Waals surface area contributed by atoms with Crippen molar-refractivity contribution in [2.45, 2.75) is 57.9 Å². The molecule has 1 N–H and O–H groups in total. The van der Waals surface area contributed by atoms with Crippen LogP contribution >= 0.6 is 0 Å². The van der Waals surface area contributed by atoms with E-state index in [0.717, 1.165) is 18.4 Å². The lowest BCUT2D eigenvalue weighted by atomic mass is 9.86. The number of rotatable bonds is 3. The second-order valence-electron chi connectivity index (χ2n) is 7.75. The predicted octanol–water partition coefficient (Wildman–Crippen LogP) is 2.77. The molecule has 1 aliphatic heterocycles. The Bertz CT molecular complexity index is 643. The summed E-state index contributed by atoms with van der Waals surface area (Å²) in [6.45, 7) is 6.41. The van der Waals surface area contributed by atoms with Gasteiger partial charge in [0.15, 0.2) is 6.61 Å². The van der Waals surface area contributed by atoms with E-state index in [-0.39, 0.29) is 36.4 Å². The number of carbonyl (C=O) groups is 2. The van der Waals surface area contributed by atoms with Gasteiger partial charge in [0.25, 0.3) is 5.91 Å². The Kier molecular flexibility index (Phi) is 4.52. The topological polar surface area (TPSA) is 58.6 Å². The van der Waals surface area contributed by atoms with Gasteiger partial charge in [0, 0.05) is 6.04 Å². The molecule has 0 saturated heterocycles. The number of carbonyl (C=O) groups excluding carboxylic acids is 2. The number of ether oxygens (including phenoxy) is 1. The second kappa shape index (κ2) is 6.46. The Morgan fingerprint density at radius 2 is 2.00 bits per heavy atom. The van der Waals surface area contributed by atoms with E-state index in [1.165, 1.54) is 12.8 Å². The minimum absolute atomic E-state index is 0.0153. The summed E-state index contributed by atoms with van der Waals surface area (Å²) in [5.74, 6) is 0.399. The van der Waals surface area contributed by atoms with Crippen molar-refractivity contribution in [3.05, 3.63) is 23.8 Å². The lowest BCUT2D eigenvalue weighted by molar-refractivity contribution is -0.125. The molecule has 2 aliphatic rings. The fraction of sp³-hybridized carbons (Fsp3) is 0.579. The van der Waals surface area contributed by atoms with E-state index in [9.17, 15) is 9.59 Å². The molecule has 1 aromatic carbocycles. The van der Waals surface area contributed by atoms with Crippen LogP contribution in [0.3, 0.4) is 0 Å². The van der Waals surface area contributed by atoms with Gasteiger partial charge in [0.05, 0.1) is 5.69 Å². The zero-order valence-electron chi connectivity index (χ0n) is 14.7. The summed E-state index contributed by atoms with van der Waals surface area (Å²) in [6, 6.07) is 6.14. The van der Waals surface area contributed by atoms with E-state index in [0.29, 0.717) is 11.4 Å². The largest absolute Gasteiger partial charge is 0.482 e. The third-order valence-corrected chi connectivity index (χ3v) is 4.79. The van der Waals surface area contributed by atoms with Gasteiger partial charge in [-0.25, -0.2) is 0 Å². The zero-order chi connectivity index (χ0) is 17.3. The predicted molar refractivity (Wildman–Crippen MR) is 93.4 cm³/mol. The fourth-order valence-electron chi connectivity index (χ4n) is 3.33. The number of nitrogens with one attached hydrogen (secondary N) is 1. The molecule has 0 unspecified atom stereocenters. The van der Waals surface area contributed by atoms with Crippen molar-refractivity contribution in [1.82, 2.24) is 5.32 Å². The first kappa shape index (κ1) is 16.8. The van der Waals surface area contributed by atoms with Crippen LogP contribution < -0.4 is 15.0 Å². The highest BCUT2D eigenvalue weighted by Crippen LogP contribution is 2.36. The molecule has 0 atom stereocenters. The smallest absolute Gasteiger partial charge is 0.265 e. The first-order chi connectivity index (χ1) is 11.3. The van der Waals surface area contributed by atoms with Crippen LogP contribution in [-0.2, 0) is 15.0 Å². The summed E-state index contributed by atoms with van der Waals surface area (Å²) in [4.78, 5) is 26.2. The maximum atomic E-state index is 12.4. The van der Waals surface area contributed by atoms with Crippen LogP contribution in [0.2, 0.25) is 0 Å². The number of hydrogen-bond acceptors (Lipinski definition) is 3. The lowest BCUT2D eigenvalue weighted by Crippen LogP contribution is -2.47. The van der Waals surface area contributed by atoms with Gasteiger partial charge >= 0.3 is 0 Å². The zero-order valence-corrected chi connectivity index (χ0v) is 14.7. The van der Waals surface area contributed by atoms with Gasteiger partial charge in [0.2, 0.25) is 5.91 Å².